The summed E-state index contributed by atoms with van der Waals surface area (Å²) in [7, 11) is 0. The Kier molecular flexibility index (Phi) is 5.03. The van der Waals surface area contributed by atoms with E-state index in [2.05, 4.69) is 0 Å². The van der Waals surface area contributed by atoms with Gasteiger partial charge in [-0.15, -0.1) is 0 Å². The van der Waals surface area contributed by atoms with E-state index in [9.17, 15) is 5.11 Å². The average molecular weight is 216 g/mol. The summed E-state index contributed by atoms with van der Waals surface area (Å²) in [5.41, 5.74) is -0.424. The Morgan fingerprint density at radius 1 is 1.40 bits per heavy atom. The summed E-state index contributed by atoms with van der Waals surface area (Å²) in [4.78, 5) is 0. The third kappa shape index (κ3) is 4.09. The monoisotopic (exact) mass is 216 g/mol. The molecule has 0 spiro atoms. The fraction of sp³-hybridized carbons (Fsp3) is 1.00. The van der Waals surface area contributed by atoms with Gasteiger partial charge in [0, 0.05) is 19.8 Å². The van der Waals surface area contributed by atoms with Crippen LogP contribution in [0.2, 0.25) is 0 Å². The van der Waals surface area contributed by atoms with E-state index in [1.165, 1.54) is 0 Å². The van der Waals surface area contributed by atoms with Crippen molar-refractivity contribution in [2.24, 2.45) is 5.92 Å². The van der Waals surface area contributed by atoms with Crippen LogP contribution >= 0.6 is 0 Å². The maximum absolute atomic E-state index is 10.1. The Labute approximate surface area is 92.8 Å². The minimum Gasteiger partial charge on any atom is -0.390 e. The lowest BCUT2D eigenvalue weighted by Gasteiger charge is -2.33. The molecule has 0 aromatic heterocycles. The van der Waals surface area contributed by atoms with Crippen molar-refractivity contribution in [1.29, 1.82) is 0 Å². The van der Waals surface area contributed by atoms with Crippen molar-refractivity contribution in [3.63, 3.8) is 0 Å². The van der Waals surface area contributed by atoms with E-state index in [-0.39, 0.29) is 6.10 Å². The van der Waals surface area contributed by atoms with Crippen molar-refractivity contribution in [2.45, 2.75) is 51.7 Å². The van der Waals surface area contributed by atoms with Crippen molar-refractivity contribution in [1.82, 2.24) is 0 Å². The highest BCUT2D eigenvalue weighted by molar-refractivity contribution is 4.81. The summed E-state index contributed by atoms with van der Waals surface area (Å²) < 4.78 is 10.9. The first-order valence-electron chi connectivity index (χ1n) is 5.96. The van der Waals surface area contributed by atoms with E-state index in [4.69, 9.17) is 9.47 Å². The van der Waals surface area contributed by atoms with Crippen molar-refractivity contribution in [3.8, 4) is 0 Å². The number of hydrogen-bond acceptors (Lipinski definition) is 3. The zero-order valence-electron chi connectivity index (χ0n) is 10.2. The molecule has 0 saturated carbocycles. The molecule has 1 unspecified atom stereocenters. The Bertz CT molecular complexity index is 174. The number of ether oxygens (including phenoxy) is 2. The van der Waals surface area contributed by atoms with E-state index in [1.54, 1.807) is 0 Å². The van der Waals surface area contributed by atoms with Gasteiger partial charge in [-0.25, -0.2) is 0 Å². The summed E-state index contributed by atoms with van der Waals surface area (Å²) in [5.74, 6) is 0.591. The summed E-state index contributed by atoms with van der Waals surface area (Å²) in [5, 5.41) is 10.1. The van der Waals surface area contributed by atoms with E-state index in [0.29, 0.717) is 12.5 Å². The van der Waals surface area contributed by atoms with Gasteiger partial charge in [0.1, 0.15) is 0 Å². The molecule has 0 aromatic carbocycles. The van der Waals surface area contributed by atoms with Crippen molar-refractivity contribution >= 4 is 0 Å². The molecule has 1 heterocycles. The summed E-state index contributed by atoms with van der Waals surface area (Å²) in [6.07, 6.45) is 2.59. The highest BCUT2D eigenvalue weighted by atomic mass is 16.5. The minimum absolute atomic E-state index is 0.374. The van der Waals surface area contributed by atoms with Gasteiger partial charge in [-0.05, 0) is 46.0 Å². The standard InChI is InChI=1S/C12H24O3/c1-4-15-12(2,3)11(13)9-10-5-7-14-8-6-10/h10-11,13H,4-9H2,1-3H3. The Morgan fingerprint density at radius 3 is 2.53 bits per heavy atom. The molecule has 0 radical (unpaired) electrons. The smallest absolute Gasteiger partial charge is 0.0884 e. The second-order valence-electron chi connectivity index (χ2n) is 4.84. The van der Waals surface area contributed by atoms with Crippen LogP contribution in [0.3, 0.4) is 0 Å². The zero-order valence-corrected chi connectivity index (χ0v) is 10.2. The highest BCUT2D eigenvalue weighted by Crippen LogP contribution is 2.26. The molecule has 0 amide bonds. The second kappa shape index (κ2) is 5.83. The topological polar surface area (TPSA) is 38.7 Å². The Balaban J connectivity index is 2.35. The van der Waals surface area contributed by atoms with E-state index in [1.807, 2.05) is 20.8 Å². The predicted octanol–water partition coefficient (Wildman–Crippen LogP) is 1.98. The van der Waals surface area contributed by atoms with Gasteiger partial charge in [0.15, 0.2) is 0 Å². The lowest BCUT2D eigenvalue weighted by atomic mass is 9.87. The molecule has 1 aliphatic heterocycles. The summed E-state index contributed by atoms with van der Waals surface area (Å²) in [6, 6.07) is 0. The van der Waals surface area contributed by atoms with Crippen LogP contribution < -0.4 is 0 Å². The maximum Gasteiger partial charge on any atom is 0.0884 e. The molecule has 1 fully saturated rings. The number of hydrogen-bond donors (Lipinski definition) is 1. The molecule has 1 N–H and O–H groups in total. The Morgan fingerprint density at radius 2 is 2.00 bits per heavy atom. The van der Waals surface area contributed by atoms with Crippen LogP contribution in [0.25, 0.3) is 0 Å². The van der Waals surface area contributed by atoms with Crippen LogP contribution in [-0.2, 0) is 9.47 Å². The van der Waals surface area contributed by atoms with Gasteiger partial charge in [0.2, 0.25) is 0 Å². The van der Waals surface area contributed by atoms with Crippen LogP contribution in [0.15, 0.2) is 0 Å². The molecule has 1 aliphatic rings. The van der Waals surface area contributed by atoms with Crippen molar-refractivity contribution in [2.75, 3.05) is 19.8 Å². The number of rotatable bonds is 5. The quantitative estimate of drug-likeness (QED) is 0.763. The molecular weight excluding hydrogens is 192 g/mol. The van der Waals surface area contributed by atoms with Crippen molar-refractivity contribution < 1.29 is 14.6 Å². The third-order valence-electron chi connectivity index (χ3n) is 3.22. The Hall–Kier alpha value is -0.120. The van der Waals surface area contributed by atoms with Gasteiger partial charge >= 0.3 is 0 Å². The fourth-order valence-electron chi connectivity index (χ4n) is 2.05. The summed E-state index contributed by atoms with van der Waals surface area (Å²) in [6.45, 7) is 8.21. The van der Waals surface area contributed by atoms with Gasteiger partial charge in [0.25, 0.3) is 0 Å². The van der Waals surface area contributed by atoms with Crippen LogP contribution in [-0.4, -0.2) is 36.6 Å². The largest absolute Gasteiger partial charge is 0.390 e. The molecule has 3 nitrogen and oxygen atoms in total. The fourth-order valence-corrected chi connectivity index (χ4v) is 2.05. The first-order valence-corrected chi connectivity index (χ1v) is 5.96. The first kappa shape index (κ1) is 12.9. The normalized spacial score (nSPS) is 21.6. The lowest BCUT2D eigenvalue weighted by Crippen LogP contribution is -2.40. The van der Waals surface area contributed by atoms with Crippen molar-refractivity contribution in [3.05, 3.63) is 0 Å². The number of aliphatic hydroxyl groups excluding tert-OH is 1. The molecule has 90 valence electrons. The van der Waals surface area contributed by atoms with Crippen LogP contribution in [0.5, 0.6) is 0 Å². The average Bonchev–Trinajstić information content (AvgIpc) is 2.19. The minimum atomic E-state index is -0.424. The molecule has 1 atom stereocenters. The second-order valence-corrected chi connectivity index (χ2v) is 4.84. The van der Waals surface area contributed by atoms with Gasteiger partial charge in [0.05, 0.1) is 11.7 Å². The van der Waals surface area contributed by atoms with Gasteiger partial charge in [-0.1, -0.05) is 0 Å². The SMILES string of the molecule is CCOC(C)(C)C(O)CC1CCOCC1. The third-order valence-corrected chi connectivity index (χ3v) is 3.22. The van der Waals surface area contributed by atoms with Crippen LogP contribution in [0.4, 0.5) is 0 Å². The van der Waals surface area contributed by atoms with Crippen LogP contribution in [0.1, 0.15) is 40.0 Å². The molecule has 3 heteroatoms. The summed E-state index contributed by atoms with van der Waals surface area (Å²) >= 11 is 0. The van der Waals surface area contributed by atoms with E-state index < -0.39 is 5.60 Å². The van der Waals surface area contributed by atoms with Gasteiger partial charge in [-0.2, -0.15) is 0 Å². The van der Waals surface area contributed by atoms with Gasteiger partial charge in [-0.3, -0.25) is 0 Å². The van der Waals surface area contributed by atoms with E-state index >= 15 is 0 Å². The molecule has 0 bridgehead atoms. The molecule has 1 saturated heterocycles. The van der Waals surface area contributed by atoms with E-state index in [0.717, 1.165) is 32.5 Å². The zero-order chi connectivity index (χ0) is 11.3. The molecule has 1 rings (SSSR count). The molecule has 0 aliphatic carbocycles. The van der Waals surface area contributed by atoms with Crippen LogP contribution in [0, 0.1) is 5.92 Å². The maximum atomic E-state index is 10.1. The number of aliphatic hydroxyl groups is 1. The first-order chi connectivity index (χ1) is 7.06. The highest BCUT2D eigenvalue weighted by Gasteiger charge is 2.30. The predicted molar refractivity (Wildman–Crippen MR) is 59.9 cm³/mol. The molecular formula is C12H24O3. The molecule has 0 aromatic rings. The molecule has 15 heavy (non-hydrogen) atoms. The van der Waals surface area contributed by atoms with Gasteiger partial charge < -0.3 is 14.6 Å². The lowest BCUT2D eigenvalue weighted by molar-refractivity contribution is -0.107.